The molecule has 1 aromatic rings. The summed E-state index contributed by atoms with van der Waals surface area (Å²) < 4.78 is 25.5. The van der Waals surface area contributed by atoms with Gasteiger partial charge >= 0.3 is 0 Å². The van der Waals surface area contributed by atoms with Gasteiger partial charge in [-0.2, -0.15) is 0 Å². The molecule has 0 bridgehead atoms. The highest BCUT2D eigenvalue weighted by molar-refractivity contribution is 7.92. The summed E-state index contributed by atoms with van der Waals surface area (Å²) in [6.45, 7) is 7.66. The van der Waals surface area contributed by atoms with E-state index in [1.807, 2.05) is 13.0 Å². The van der Waals surface area contributed by atoms with Crippen LogP contribution >= 0.6 is 0 Å². The van der Waals surface area contributed by atoms with E-state index in [1.165, 1.54) is 0 Å². The Balaban J connectivity index is 3.16. The molecule has 0 unspecified atom stereocenters. The van der Waals surface area contributed by atoms with E-state index in [9.17, 15) is 8.42 Å². The van der Waals surface area contributed by atoms with Crippen molar-refractivity contribution in [1.82, 2.24) is 0 Å². The average molecular weight is 254 g/mol. The lowest BCUT2D eigenvalue weighted by atomic mass is 10.0. The molecule has 0 aromatic heterocycles. The van der Waals surface area contributed by atoms with Crippen LogP contribution in [-0.2, 0) is 16.6 Å². The van der Waals surface area contributed by atoms with Gasteiger partial charge in [0.15, 0.2) is 0 Å². The highest BCUT2D eigenvalue weighted by Crippen LogP contribution is 2.21. The molecule has 5 heteroatoms. The Morgan fingerprint density at radius 3 is 2.53 bits per heavy atom. The summed E-state index contributed by atoms with van der Waals surface area (Å²) in [4.78, 5) is 0. The van der Waals surface area contributed by atoms with Crippen LogP contribution in [0.2, 0.25) is 0 Å². The highest BCUT2D eigenvalue weighted by atomic mass is 32.2. The maximum atomic E-state index is 11.5. The van der Waals surface area contributed by atoms with E-state index >= 15 is 0 Å². The van der Waals surface area contributed by atoms with Crippen LogP contribution in [0.25, 0.3) is 5.57 Å². The van der Waals surface area contributed by atoms with Gasteiger partial charge in [0, 0.05) is 12.2 Å². The Morgan fingerprint density at radius 1 is 1.41 bits per heavy atom. The largest absolute Gasteiger partial charge is 0.326 e. The summed E-state index contributed by atoms with van der Waals surface area (Å²) >= 11 is 0. The van der Waals surface area contributed by atoms with Gasteiger partial charge in [-0.05, 0) is 37.1 Å². The molecule has 94 valence electrons. The Morgan fingerprint density at radius 2 is 2.06 bits per heavy atom. The average Bonchev–Trinajstić information content (AvgIpc) is 2.28. The molecule has 3 N–H and O–H groups in total. The summed E-state index contributed by atoms with van der Waals surface area (Å²) in [6, 6.07) is 5.40. The van der Waals surface area contributed by atoms with Crippen molar-refractivity contribution in [1.29, 1.82) is 0 Å². The predicted molar refractivity (Wildman–Crippen MR) is 72.1 cm³/mol. The van der Waals surface area contributed by atoms with Gasteiger partial charge in [-0.25, -0.2) is 8.42 Å². The van der Waals surface area contributed by atoms with Gasteiger partial charge in [0.1, 0.15) is 0 Å². The van der Waals surface area contributed by atoms with Gasteiger partial charge < -0.3 is 5.73 Å². The van der Waals surface area contributed by atoms with Crippen molar-refractivity contribution in [2.24, 2.45) is 5.73 Å². The maximum absolute atomic E-state index is 11.5. The Kier molecular flexibility index (Phi) is 4.31. The monoisotopic (exact) mass is 254 g/mol. The first-order chi connectivity index (χ1) is 7.88. The fourth-order valence-corrected chi connectivity index (χ4v) is 1.99. The molecule has 0 amide bonds. The third-order valence-electron chi connectivity index (χ3n) is 2.37. The minimum absolute atomic E-state index is 0.0439. The first kappa shape index (κ1) is 13.7. The summed E-state index contributed by atoms with van der Waals surface area (Å²) in [5.74, 6) is 0.0439. The second-order valence-electron chi connectivity index (χ2n) is 3.91. The van der Waals surface area contributed by atoms with Crippen LogP contribution in [0.4, 0.5) is 5.69 Å². The summed E-state index contributed by atoms with van der Waals surface area (Å²) in [5, 5.41) is 0. The molecule has 0 spiro atoms. The first-order valence-electron chi connectivity index (χ1n) is 5.38. The number of nitrogens with one attached hydrogen (secondary N) is 1. The van der Waals surface area contributed by atoms with Crippen LogP contribution < -0.4 is 10.5 Å². The fourth-order valence-electron chi connectivity index (χ4n) is 1.37. The lowest BCUT2D eigenvalue weighted by Gasteiger charge is -2.10. The lowest BCUT2D eigenvalue weighted by molar-refractivity contribution is 0.602. The third kappa shape index (κ3) is 3.87. The van der Waals surface area contributed by atoms with E-state index in [-0.39, 0.29) is 5.75 Å². The number of allylic oxidation sites excluding steroid dienone is 1. The van der Waals surface area contributed by atoms with E-state index < -0.39 is 10.0 Å². The quantitative estimate of drug-likeness (QED) is 0.843. The molecule has 0 radical (unpaired) electrons. The molecule has 0 fully saturated rings. The Bertz CT molecular complexity index is 521. The molecule has 0 atom stereocenters. The van der Waals surface area contributed by atoms with Crippen molar-refractivity contribution < 1.29 is 8.42 Å². The van der Waals surface area contributed by atoms with Crippen LogP contribution in [0.15, 0.2) is 24.8 Å². The minimum Gasteiger partial charge on any atom is -0.326 e. The molecular formula is C12H18N2O2S. The zero-order valence-corrected chi connectivity index (χ0v) is 11.0. The van der Waals surface area contributed by atoms with E-state index in [2.05, 4.69) is 11.3 Å². The minimum atomic E-state index is -3.26. The second kappa shape index (κ2) is 5.33. The van der Waals surface area contributed by atoms with Crippen molar-refractivity contribution in [3.63, 3.8) is 0 Å². The normalized spacial score (nSPS) is 11.2. The summed E-state index contributed by atoms with van der Waals surface area (Å²) in [6.07, 6.45) is 0. The van der Waals surface area contributed by atoms with Crippen LogP contribution in [0.3, 0.4) is 0 Å². The first-order valence-corrected chi connectivity index (χ1v) is 7.03. The molecule has 1 aromatic carbocycles. The predicted octanol–water partition coefficient (Wildman–Crippen LogP) is 1.94. The number of benzene rings is 1. The fraction of sp³-hybridized carbons (Fsp3) is 0.333. The number of rotatable bonds is 5. The SMILES string of the molecule is C=C(C)c1cc(CN)cc(NS(=O)(=O)CC)c1. The molecule has 0 saturated heterocycles. The number of anilines is 1. The molecule has 4 nitrogen and oxygen atoms in total. The maximum Gasteiger partial charge on any atom is 0.232 e. The van der Waals surface area contributed by atoms with Crippen molar-refractivity contribution in [2.75, 3.05) is 10.5 Å². The third-order valence-corrected chi connectivity index (χ3v) is 3.68. The molecule has 17 heavy (non-hydrogen) atoms. The molecule has 0 aliphatic carbocycles. The molecule has 0 saturated carbocycles. The van der Waals surface area contributed by atoms with Gasteiger partial charge in [0.2, 0.25) is 10.0 Å². The second-order valence-corrected chi connectivity index (χ2v) is 5.92. The lowest BCUT2D eigenvalue weighted by Crippen LogP contribution is -2.15. The van der Waals surface area contributed by atoms with Crippen LogP contribution in [0, 0.1) is 0 Å². The highest BCUT2D eigenvalue weighted by Gasteiger charge is 2.08. The molecule has 0 heterocycles. The standard InChI is InChI=1S/C12H18N2O2S/c1-4-17(15,16)14-12-6-10(8-13)5-11(7-12)9(2)3/h5-7,14H,2,4,8,13H2,1,3H3. The van der Waals surface area contributed by atoms with E-state index in [1.54, 1.807) is 19.1 Å². The van der Waals surface area contributed by atoms with Gasteiger partial charge in [0.25, 0.3) is 0 Å². The zero-order chi connectivity index (χ0) is 13.1. The van der Waals surface area contributed by atoms with Crippen LogP contribution in [-0.4, -0.2) is 14.2 Å². The van der Waals surface area contributed by atoms with Crippen LogP contribution in [0.1, 0.15) is 25.0 Å². The number of nitrogens with two attached hydrogens (primary N) is 1. The smallest absolute Gasteiger partial charge is 0.232 e. The molecule has 0 aliphatic heterocycles. The molecule has 0 aliphatic rings. The van der Waals surface area contributed by atoms with E-state index in [0.29, 0.717) is 12.2 Å². The number of hydrogen-bond acceptors (Lipinski definition) is 3. The van der Waals surface area contributed by atoms with E-state index in [0.717, 1.165) is 16.7 Å². The van der Waals surface area contributed by atoms with Gasteiger partial charge in [0.05, 0.1) is 5.75 Å². The van der Waals surface area contributed by atoms with Gasteiger partial charge in [-0.15, -0.1) is 0 Å². The molecule has 1 rings (SSSR count). The Labute approximate surface area is 103 Å². The van der Waals surface area contributed by atoms with Crippen molar-refractivity contribution in [3.8, 4) is 0 Å². The zero-order valence-electron chi connectivity index (χ0n) is 10.2. The van der Waals surface area contributed by atoms with E-state index in [4.69, 9.17) is 5.73 Å². The summed E-state index contributed by atoms with van der Waals surface area (Å²) in [5.41, 5.74) is 8.75. The van der Waals surface area contributed by atoms with Crippen LogP contribution in [0.5, 0.6) is 0 Å². The number of sulfonamides is 1. The van der Waals surface area contributed by atoms with Crippen molar-refractivity contribution >= 4 is 21.3 Å². The van der Waals surface area contributed by atoms with Crippen molar-refractivity contribution in [3.05, 3.63) is 35.9 Å². The number of hydrogen-bond donors (Lipinski definition) is 2. The van der Waals surface area contributed by atoms with Crippen molar-refractivity contribution in [2.45, 2.75) is 20.4 Å². The van der Waals surface area contributed by atoms with Gasteiger partial charge in [-0.1, -0.05) is 18.2 Å². The molecular weight excluding hydrogens is 236 g/mol. The van der Waals surface area contributed by atoms with Gasteiger partial charge in [-0.3, -0.25) is 4.72 Å². The summed E-state index contributed by atoms with van der Waals surface area (Å²) in [7, 11) is -3.26. The topological polar surface area (TPSA) is 72.2 Å². The Hall–Kier alpha value is -1.33.